The summed E-state index contributed by atoms with van der Waals surface area (Å²) in [6.45, 7) is 3.28. The number of nitrogens with zero attached hydrogens (tertiary/aromatic N) is 3. The standard InChI is InChI=1S/C12H20ClN5/c1-18-6-3-9(4-7-18)2-5-15-11-10(13)8-16-12(14)17-11/h8-9H,2-7H2,1H3,(H3,14,15,16,17). The summed E-state index contributed by atoms with van der Waals surface area (Å²) in [5, 5.41) is 3.76. The molecule has 1 aromatic rings. The lowest BCUT2D eigenvalue weighted by Gasteiger charge is -2.28. The fraction of sp³-hybridized carbons (Fsp3) is 0.667. The number of anilines is 2. The van der Waals surface area contributed by atoms with Gasteiger partial charge in [-0.2, -0.15) is 4.98 Å². The van der Waals surface area contributed by atoms with Gasteiger partial charge in [-0.25, -0.2) is 4.98 Å². The first-order chi connectivity index (χ1) is 8.65. The average molecular weight is 270 g/mol. The Hall–Kier alpha value is -1.07. The third-order valence-electron chi connectivity index (χ3n) is 3.45. The Labute approximate surface area is 113 Å². The van der Waals surface area contributed by atoms with Gasteiger partial charge in [0.2, 0.25) is 5.95 Å². The molecule has 2 rings (SSSR count). The lowest BCUT2D eigenvalue weighted by atomic mass is 9.94. The first-order valence-electron chi connectivity index (χ1n) is 6.35. The van der Waals surface area contributed by atoms with Crippen LogP contribution in [0.2, 0.25) is 5.02 Å². The third-order valence-corrected chi connectivity index (χ3v) is 3.72. The number of aromatic nitrogens is 2. The van der Waals surface area contributed by atoms with E-state index < -0.39 is 0 Å². The fourth-order valence-electron chi connectivity index (χ4n) is 2.25. The van der Waals surface area contributed by atoms with E-state index in [2.05, 4.69) is 27.2 Å². The summed E-state index contributed by atoms with van der Waals surface area (Å²) in [6.07, 6.45) is 5.23. The predicted molar refractivity (Wildman–Crippen MR) is 74.8 cm³/mol. The minimum atomic E-state index is 0.251. The zero-order valence-electron chi connectivity index (χ0n) is 10.7. The van der Waals surface area contributed by atoms with Gasteiger partial charge < -0.3 is 16.0 Å². The summed E-state index contributed by atoms with van der Waals surface area (Å²) in [7, 11) is 2.18. The molecule has 0 unspecified atom stereocenters. The van der Waals surface area contributed by atoms with E-state index in [-0.39, 0.29) is 5.95 Å². The molecule has 1 aromatic heterocycles. The second-order valence-electron chi connectivity index (χ2n) is 4.89. The van der Waals surface area contributed by atoms with Crippen LogP contribution in [-0.2, 0) is 0 Å². The van der Waals surface area contributed by atoms with Crippen molar-refractivity contribution in [3.05, 3.63) is 11.2 Å². The smallest absolute Gasteiger partial charge is 0.222 e. The monoisotopic (exact) mass is 269 g/mol. The maximum Gasteiger partial charge on any atom is 0.222 e. The molecule has 1 saturated heterocycles. The zero-order chi connectivity index (χ0) is 13.0. The van der Waals surface area contributed by atoms with Crippen molar-refractivity contribution < 1.29 is 0 Å². The van der Waals surface area contributed by atoms with Gasteiger partial charge in [-0.05, 0) is 45.3 Å². The van der Waals surface area contributed by atoms with Gasteiger partial charge in [0, 0.05) is 6.54 Å². The van der Waals surface area contributed by atoms with Crippen molar-refractivity contribution in [2.45, 2.75) is 19.3 Å². The van der Waals surface area contributed by atoms with Crippen molar-refractivity contribution in [1.82, 2.24) is 14.9 Å². The van der Waals surface area contributed by atoms with Gasteiger partial charge in [-0.3, -0.25) is 0 Å². The highest BCUT2D eigenvalue weighted by Gasteiger charge is 2.16. The molecule has 6 heteroatoms. The normalized spacial score (nSPS) is 17.9. The Morgan fingerprint density at radius 3 is 2.94 bits per heavy atom. The van der Waals surface area contributed by atoms with E-state index in [1.165, 1.54) is 32.1 Å². The Morgan fingerprint density at radius 1 is 1.50 bits per heavy atom. The molecule has 18 heavy (non-hydrogen) atoms. The first-order valence-corrected chi connectivity index (χ1v) is 6.73. The number of likely N-dealkylation sites (tertiary alicyclic amines) is 1. The van der Waals surface area contributed by atoms with Crippen molar-refractivity contribution in [2.75, 3.05) is 37.7 Å². The second kappa shape index (κ2) is 6.20. The van der Waals surface area contributed by atoms with Crippen LogP contribution in [0.4, 0.5) is 11.8 Å². The van der Waals surface area contributed by atoms with Crippen LogP contribution in [0.25, 0.3) is 0 Å². The van der Waals surface area contributed by atoms with E-state index in [0.29, 0.717) is 10.8 Å². The molecule has 100 valence electrons. The summed E-state index contributed by atoms with van der Waals surface area (Å²) in [6, 6.07) is 0. The quantitative estimate of drug-likeness (QED) is 0.873. The molecule has 0 aliphatic carbocycles. The number of hydrogen-bond donors (Lipinski definition) is 2. The lowest BCUT2D eigenvalue weighted by Crippen LogP contribution is -2.30. The molecule has 0 radical (unpaired) electrons. The molecule has 3 N–H and O–H groups in total. The summed E-state index contributed by atoms with van der Waals surface area (Å²) >= 11 is 5.99. The number of nitrogens with one attached hydrogen (secondary N) is 1. The predicted octanol–water partition coefficient (Wildman–Crippen LogP) is 1.86. The van der Waals surface area contributed by atoms with E-state index in [1.807, 2.05) is 0 Å². The van der Waals surface area contributed by atoms with Crippen LogP contribution in [0, 0.1) is 5.92 Å². The van der Waals surface area contributed by atoms with E-state index in [0.717, 1.165) is 18.9 Å². The number of nitrogens with two attached hydrogens (primary N) is 1. The maximum atomic E-state index is 5.99. The molecule has 5 nitrogen and oxygen atoms in total. The minimum absolute atomic E-state index is 0.251. The van der Waals surface area contributed by atoms with E-state index in [9.17, 15) is 0 Å². The minimum Gasteiger partial charge on any atom is -0.369 e. The van der Waals surface area contributed by atoms with Gasteiger partial charge in [-0.15, -0.1) is 0 Å². The number of hydrogen-bond acceptors (Lipinski definition) is 5. The van der Waals surface area contributed by atoms with Crippen molar-refractivity contribution in [3.63, 3.8) is 0 Å². The van der Waals surface area contributed by atoms with Crippen molar-refractivity contribution in [1.29, 1.82) is 0 Å². The van der Waals surface area contributed by atoms with Gasteiger partial charge in [0.05, 0.1) is 6.20 Å². The van der Waals surface area contributed by atoms with Gasteiger partial charge in [0.25, 0.3) is 0 Å². The summed E-state index contributed by atoms with van der Waals surface area (Å²) < 4.78 is 0. The topological polar surface area (TPSA) is 67.1 Å². The summed E-state index contributed by atoms with van der Waals surface area (Å²) in [4.78, 5) is 10.3. The van der Waals surface area contributed by atoms with Crippen LogP contribution in [0.3, 0.4) is 0 Å². The van der Waals surface area contributed by atoms with Crippen LogP contribution in [-0.4, -0.2) is 41.5 Å². The van der Waals surface area contributed by atoms with Crippen LogP contribution < -0.4 is 11.1 Å². The Kier molecular flexibility index (Phi) is 4.60. The molecule has 0 amide bonds. The highest BCUT2D eigenvalue weighted by Crippen LogP contribution is 2.21. The molecule has 0 atom stereocenters. The second-order valence-corrected chi connectivity index (χ2v) is 5.29. The summed E-state index contributed by atoms with van der Waals surface area (Å²) in [5.41, 5.74) is 5.53. The first kappa shape index (κ1) is 13.4. The van der Waals surface area contributed by atoms with Crippen LogP contribution in [0.5, 0.6) is 0 Å². The summed E-state index contributed by atoms with van der Waals surface area (Å²) in [5.74, 6) is 1.69. The SMILES string of the molecule is CN1CCC(CCNc2nc(N)ncc2Cl)CC1. The van der Waals surface area contributed by atoms with Gasteiger partial charge in [0.1, 0.15) is 10.8 Å². The number of piperidine rings is 1. The van der Waals surface area contributed by atoms with Gasteiger partial charge in [0.15, 0.2) is 0 Å². The molecule has 0 saturated carbocycles. The largest absolute Gasteiger partial charge is 0.369 e. The lowest BCUT2D eigenvalue weighted by molar-refractivity contribution is 0.215. The third kappa shape index (κ3) is 3.71. The van der Waals surface area contributed by atoms with Crippen LogP contribution >= 0.6 is 11.6 Å². The molecule has 1 fully saturated rings. The Balaban J connectivity index is 1.76. The molecule has 1 aliphatic rings. The highest BCUT2D eigenvalue weighted by molar-refractivity contribution is 6.32. The molecule has 0 bridgehead atoms. The van der Waals surface area contributed by atoms with Crippen LogP contribution in [0.15, 0.2) is 6.20 Å². The number of nitrogen functional groups attached to an aromatic ring is 1. The molecule has 0 aromatic carbocycles. The molecule has 0 spiro atoms. The van der Waals surface area contributed by atoms with E-state index in [1.54, 1.807) is 0 Å². The average Bonchev–Trinajstić information content (AvgIpc) is 2.36. The van der Waals surface area contributed by atoms with Crippen molar-refractivity contribution in [3.8, 4) is 0 Å². The van der Waals surface area contributed by atoms with E-state index >= 15 is 0 Å². The van der Waals surface area contributed by atoms with E-state index in [4.69, 9.17) is 17.3 Å². The maximum absolute atomic E-state index is 5.99. The molecular formula is C12H20ClN5. The molecular weight excluding hydrogens is 250 g/mol. The number of halogens is 1. The van der Waals surface area contributed by atoms with Crippen molar-refractivity contribution >= 4 is 23.4 Å². The van der Waals surface area contributed by atoms with Gasteiger partial charge >= 0.3 is 0 Å². The fourth-order valence-corrected chi connectivity index (χ4v) is 2.41. The Morgan fingerprint density at radius 2 is 2.22 bits per heavy atom. The molecule has 1 aliphatic heterocycles. The molecule has 2 heterocycles. The zero-order valence-corrected chi connectivity index (χ0v) is 11.5. The van der Waals surface area contributed by atoms with Gasteiger partial charge in [-0.1, -0.05) is 11.6 Å². The van der Waals surface area contributed by atoms with Crippen LogP contribution in [0.1, 0.15) is 19.3 Å². The highest BCUT2D eigenvalue weighted by atomic mass is 35.5. The number of rotatable bonds is 4. The Bertz CT molecular complexity index is 390. The van der Waals surface area contributed by atoms with Crippen molar-refractivity contribution in [2.24, 2.45) is 5.92 Å².